The Morgan fingerprint density at radius 2 is 1.02 bits per heavy atom. The lowest BCUT2D eigenvalue weighted by atomic mass is 9.98. The third-order valence-electron chi connectivity index (χ3n) is 8.36. The van der Waals surface area contributed by atoms with Crippen LogP contribution in [0.1, 0.15) is 0 Å². The number of para-hydroxylation sites is 2. The van der Waals surface area contributed by atoms with Gasteiger partial charge in [-0.15, -0.1) is 0 Å². The van der Waals surface area contributed by atoms with Crippen molar-refractivity contribution in [1.82, 2.24) is 19.1 Å². The molecule has 6 aromatic carbocycles. The maximum absolute atomic E-state index is 5.16. The summed E-state index contributed by atoms with van der Waals surface area (Å²) in [5, 5.41) is 7.29. The Hall–Kier alpha value is -5.74. The quantitative estimate of drug-likeness (QED) is 0.211. The predicted molar refractivity (Wildman–Crippen MR) is 174 cm³/mol. The van der Waals surface area contributed by atoms with Crippen LogP contribution in [0.15, 0.2) is 146 Å². The van der Waals surface area contributed by atoms with Crippen molar-refractivity contribution < 1.29 is 0 Å². The zero-order chi connectivity index (χ0) is 27.6. The Labute approximate surface area is 241 Å². The molecule has 0 bridgehead atoms. The minimum absolute atomic E-state index is 0.659. The van der Waals surface area contributed by atoms with Gasteiger partial charge < -0.3 is 4.57 Å². The highest BCUT2D eigenvalue weighted by atomic mass is 15.2. The van der Waals surface area contributed by atoms with Gasteiger partial charge in [-0.2, -0.15) is 0 Å². The molecule has 196 valence electrons. The second-order valence-electron chi connectivity index (χ2n) is 10.6. The van der Waals surface area contributed by atoms with Crippen molar-refractivity contribution in [2.45, 2.75) is 0 Å². The molecule has 9 aromatic rings. The van der Waals surface area contributed by atoms with Crippen LogP contribution in [0.25, 0.3) is 77.3 Å². The smallest absolute Gasteiger partial charge is 0.235 e. The molecule has 0 amide bonds. The molecule has 42 heavy (non-hydrogen) atoms. The molecule has 3 aromatic heterocycles. The highest BCUT2D eigenvalue weighted by Crippen LogP contribution is 2.46. The van der Waals surface area contributed by atoms with Crippen LogP contribution in [0.5, 0.6) is 0 Å². The molecule has 0 saturated carbocycles. The van der Waals surface area contributed by atoms with E-state index in [2.05, 4.69) is 124 Å². The average Bonchev–Trinajstić information content (AvgIpc) is 3.59. The van der Waals surface area contributed by atoms with E-state index in [1.54, 1.807) is 0 Å². The number of fused-ring (bicyclic) bond motifs is 10. The molecule has 0 unspecified atom stereocenters. The molecule has 0 aliphatic heterocycles. The maximum Gasteiger partial charge on any atom is 0.235 e. The van der Waals surface area contributed by atoms with Crippen molar-refractivity contribution in [3.8, 4) is 22.9 Å². The van der Waals surface area contributed by atoms with E-state index in [1.807, 2.05) is 30.5 Å². The van der Waals surface area contributed by atoms with Crippen molar-refractivity contribution in [1.29, 1.82) is 0 Å². The van der Waals surface area contributed by atoms with E-state index >= 15 is 0 Å². The van der Waals surface area contributed by atoms with Crippen molar-refractivity contribution in [2.24, 2.45) is 0 Å². The zero-order valence-corrected chi connectivity index (χ0v) is 22.6. The first-order valence-electron chi connectivity index (χ1n) is 14.2. The topological polar surface area (TPSA) is 35.6 Å². The van der Waals surface area contributed by atoms with Gasteiger partial charge in [-0.05, 0) is 40.4 Å². The monoisotopic (exact) mass is 536 g/mol. The molecule has 0 aliphatic carbocycles. The van der Waals surface area contributed by atoms with Crippen LogP contribution in [0.2, 0.25) is 0 Å². The summed E-state index contributed by atoms with van der Waals surface area (Å²) < 4.78 is 4.71. The fourth-order valence-corrected chi connectivity index (χ4v) is 6.65. The van der Waals surface area contributed by atoms with Gasteiger partial charge in [-0.3, -0.25) is 4.57 Å². The third-order valence-corrected chi connectivity index (χ3v) is 8.36. The average molecular weight is 537 g/mol. The van der Waals surface area contributed by atoms with Gasteiger partial charge >= 0.3 is 0 Å². The molecule has 0 aliphatic rings. The fourth-order valence-electron chi connectivity index (χ4n) is 6.65. The molecule has 4 heteroatoms. The van der Waals surface area contributed by atoms with E-state index < -0.39 is 0 Å². The van der Waals surface area contributed by atoms with E-state index in [1.165, 1.54) is 32.4 Å². The largest absolute Gasteiger partial charge is 0.306 e. The summed E-state index contributed by atoms with van der Waals surface area (Å²) in [7, 11) is 0. The molecule has 3 heterocycles. The molecule has 0 spiro atoms. The van der Waals surface area contributed by atoms with E-state index in [-0.39, 0.29) is 0 Å². The normalized spacial score (nSPS) is 11.8. The molecular formula is C38H24N4. The van der Waals surface area contributed by atoms with Gasteiger partial charge in [0.25, 0.3) is 0 Å². The molecule has 0 saturated heterocycles. The van der Waals surface area contributed by atoms with Gasteiger partial charge in [0.1, 0.15) is 0 Å². The highest BCUT2D eigenvalue weighted by Gasteiger charge is 2.26. The highest BCUT2D eigenvalue weighted by molar-refractivity contribution is 6.34. The third kappa shape index (κ3) is 3.17. The van der Waals surface area contributed by atoms with Gasteiger partial charge in [-0.25, -0.2) is 9.97 Å². The van der Waals surface area contributed by atoms with Crippen LogP contribution in [0.4, 0.5) is 0 Å². The first kappa shape index (κ1) is 23.0. The molecule has 9 rings (SSSR count). The van der Waals surface area contributed by atoms with Crippen LogP contribution in [0, 0.1) is 0 Å². The van der Waals surface area contributed by atoms with E-state index in [0.717, 1.165) is 38.9 Å². The Bertz CT molecular complexity index is 2450. The van der Waals surface area contributed by atoms with Crippen molar-refractivity contribution in [2.75, 3.05) is 0 Å². The van der Waals surface area contributed by atoms with Gasteiger partial charge in [-0.1, -0.05) is 115 Å². The SMILES string of the molecule is c1ccc(-c2ccnc(-n3c4ccccc4c4c3c3c5ccccc5c5ccccc5c3n4-c3ccccc3)n2)cc1. The van der Waals surface area contributed by atoms with Gasteiger partial charge in [0.15, 0.2) is 0 Å². The number of hydrogen-bond acceptors (Lipinski definition) is 2. The minimum atomic E-state index is 0.659. The van der Waals surface area contributed by atoms with Crippen molar-refractivity contribution >= 4 is 54.4 Å². The summed E-state index contributed by atoms with van der Waals surface area (Å²) in [6.45, 7) is 0. The predicted octanol–water partition coefficient (Wildman–Crippen LogP) is 9.49. The van der Waals surface area contributed by atoms with E-state index in [0.29, 0.717) is 5.95 Å². The molecule has 4 nitrogen and oxygen atoms in total. The summed E-state index contributed by atoms with van der Waals surface area (Å²) in [5.74, 6) is 0.659. The minimum Gasteiger partial charge on any atom is -0.306 e. The number of hydrogen-bond donors (Lipinski definition) is 0. The van der Waals surface area contributed by atoms with Crippen LogP contribution >= 0.6 is 0 Å². The fraction of sp³-hybridized carbons (Fsp3) is 0. The van der Waals surface area contributed by atoms with Crippen LogP contribution in [0.3, 0.4) is 0 Å². The van der Waals surface area contributed by atoms with Crippen molar-refractivity contribution in [3.05, 3.63) is 146 Å². The first-order chi connectivity index (χ1) is 20.9. The Morgan fingerprint density at radius 3 is 1.79 bits per heavy atom. The number of benzene rings is 6. The van der Waals surface area contributed by atoms with Crippen LogP contribution < -0.4 is 0 Å². The molecule has 0 radical (unpaired) electrons. The molecular weight excluding hydrogens is 512 g/mol. The second kappa shape index (κ2) is 8.88. The Balaban J connectivity index is 1.56. The Morgan fingerprint density at radius 1 is 0.429 bits per heavy atom. The molecule has 0 fully saturated rings. The molecule has 0 atom stereocenters. The van der Waals surface area contributed by atoms with E-state index in [9.17, 15) is 0 Å². The summed E-state index contributed by atoms with van der Waals surface area (Å²) in [6.07, 6.45) is 1.87. The molecule has 0 N–H and O–H groups in total. The zero-order valence-electron chi connectivity index (χ0n) is 22.6. The van der Waals surface area contributed by atoms with Gasteiger partial charge in [0.2, 0.25) is 5.95 Å². The summed E-state index contributed by atoms with van der Waals surface area (Å²) in [4.78, 5) is 10.0. The maximum atomic E-state index is 5.16. The summed E-state index contributed by atoms with van der Waals surface area (Å²) >= 11 is 0. The van der Waals surface area contributed by atoms with E-state index in [4.69, 9.17) is 9.97 Å². The van der Waals surface area contributed by atoms with Crippen molar-refractivity contribution in [3.63, 3.8) is 0 Å². The first-order valence-corrected chi connectivity index (χ1v) is 14.2. The number of rotatable bonds is 3. The lowest BCUT2D eigenvalue weighted by Gasteiger charge is -2.13. The lowest BCUT2D eigenvalue weighted by Crippen LogP contribution is -2.01. The van der Waals surface area contributed by atoms with Gasteiger partial charge in [0, 0.05) is 33.6 Å². The summed E-state index contributed by atoms with van der Waals surface area (Å²) in [6, 6.07) is 49.1. The lowest BCUT2D eigenvalue weighted by molar-refractivity contribution is 0.994. The number of aromatic nitrogens is 4. The van der Waals surface area contributed by atoms with Gasteiger partial charge in [0.05, 0.1) is 27.8 Å². The second-order valence-corrected chi connectivity index (χ2v) is 10.6. The van der Waals surface area contributed by atoms with Crippen LogP contribution in [-0.4, -0.2) is 19.1 Å². The summed E-state index contributed by atoms with van der Waals surface area (Å²) in [5.41, 5.74) is 7.63. The van der Waals surface area contributed by atoms with Crippen LogP contribution in [-0.2, 0) is 0 Å². The standard InChI is InChI=1S/C38H24N4/c1-3-13-25(14-4-1)32-23-24-39-38(40-32)42-33-22-12-11-21-31(33)36-37(42)34-29-19-9-7-17-27(29)28-18-8-10-20-30(28)35(34)41(36)26-15-5-2-6-16-26/h1-24H. The Kier molecular flexibility index (Phi) is 4.87. The number of nitrogens with zero attached hydrogens (tertiary/aromatic N) is 4.